The van der Waals surface area contributed by atoms with Gasteiger partial charge in [0.05, 0.1) is 5.75 Å². The lowest BCUT2D eigenvalue weighted by Crippen LogP contribution is -2.39. The first-order valence-electron chi connectivity index (χ1n) is 8.23. The van der Waals surface area contributed by atoms with Crippen molar-refractivity contribution in [3.63, 3.8) is 0 Å². The van der Waals surface area contributed by atoms with Crippen LogP contribution in [-0.4, -0.2) is 48.8 Å². The van der Waals surface area contributed by atoms with Gasteiger partial charge in [-0.2, -0.15) is 4.98 Å². The second-order valence-corrected chi connectivity index (χ2v) is 8.32. The molecule has 8 heteroatoms. The molecule has 7 nitrogen and oxygen atoms in total. The maximum Gasteiger partial charge on any atom is 0.229 e. The first-order valence-corrected chi connectivity index (χ1v) is 9.84. The molecule has 0 spiro atoms. The van der Waals surface area contributed by atoms with E-state index in [0.29, 0.717) is 44.1 Å². The monoisotopic (exact) mass is 345 g/mol. The predicted octanol–water partition coefficient (Wildman–Crippen LogP) is 2.26. The van der Waals surface area contributed by atoms with Gasteiger partial charge in [-0.05, 0) is 32.6 Å². The van der Waals surface area contributed by atoms with Crippen molar-refractivity contribution in [3.8, 4) is 0 Å². The van der Waals surface area contributed by atoms with E-state index in [-0.39, 0.29) is 11.7 Å². The number of piperidine rings is 1. The number of aromatic nitrogens is 2. The van der Waals surface area contributed by atoms with Crippen LogP contribution in [0, 0.1) is 0 Å². The van der Waals surface area contributed by atoms with Gasteiger partial charge in [0.25, 0.3) is 0 Å². The fourth-order valence-electron chi connectivity index (χ4n) is 2.78. The summed E-state index contributed by atoms with van der Waals surface area (Å²) in [7, 11) is -1.48. The van der Waals surface area contributed by atoms with Crippen LogP contribution in [0.1, 0.15) is 64.1 Å². The van der Waals surface area contributed by atoms with E-state index in [9.17, 15) is 8.42 Å². The largest absolute Gasteiger partial charge is 0.370 e. The summed E-state index contributed by atoms with van der Waals surface area (Å²) in [6.07, 6.45) is 2.80. The van der Waals surface area contributed by atoms with Crippen molar-refractivity contribution in [3.05, 3.63) is 11.7 Å². The Labute approximate surface area is 138 Å². The molecule has 0 N–H and O–H groups in total. The molecule has 0 radical (unpaired) electrons. The predicted molar refractivity (Wildman–Crippen MR) is 86.6 cm³/mol. The van der Waals surface area contributed by atoms with E-state index >= 15 is 0 Å². The average molecular weight is 345 g/mol. The molecule has 0 bridgehead atoms. The van der Waals surface area contributed by atoms with Crippen molar-refractivity contribution in [1.29, 1.82) is 0 Å². The summed E-state index contributed by atoms with van der Waals surface area (Å²) in [5, 5.41) is 4.06. The van der Waals surface area contributed by atoms with E-state index in [1.54, 1.807) is 11.4 Å². The fraction of sp³-hybridized carbons (Fsp3) is 0.867. The summed E-state index contributed by atoms with van der Waals surface area (Å²) in [5.74, 6) is 1.47. The Morgan fingerprint density at radius 2 is 2.00 bits per heavy atom. The number of ether oxygens (including phenoxy) is 1. The van der Waals surface area contributed by atoms with Crippen molar-refractivity contribution < 1.29 is 17.7 Å². The van der Waals surface area contributed by atoms with Gasteiger partial charge in [0.1, 0.15) is 5.60 Å². The Morgan fingerprint density at radius 3 is 2.52 bits per heavy atom. The average Bonchev–Trinajstić information content (AvgIpc) is 3.05. The maximum absolute atomic E-state index is 12.1. The molecule has 1 unspecified atom stereocenters. The quantitative estimate of drug-likeness (QED) is 0.753. The van der Waals surface area contributed by atoms with Crippen molar-refractivity contribution in [1.82, 2.24) is 14.4 Å². The van der Waals surface area contributed by atoms with Crippen molar-refractivity contribution >= 4 is 10.0 Å². The molecule has 0 amide bonds. The van der Waals surface area contributed by atoms with Gasteiger partial charge in [0.15, 0.2) is 0 Å². The van der Waals surface area contributed by atoms with Crippen LogP contribution in [0.3, 0.4) is 0 Å². The molecular formula is C15H27N3O4S. The van der Waals surface area contributed by atoms with Crippen LogP contribution in [0.5, 0.6) is 0 Å². The Kier molecular flexibility index (Phi) is 5.80. The van der Waals surface area contributed by atoms with Crippen LogP contribution < -0.4 is 0 Å². The molecule has 0 saturated carbocycles. The molecular weight excluding hydrogens is 318 g/mol. The number of sulfonamides is 1. The van der Waals surface area contributed by atoms with E-state index in [0.717, 1.165) is 6.42 Å². The standard InChI is InChI=1S/C15H27N3O4S/c1-5-11-23(19,20)18-9-7-12(8-10-18)13-16-14(17-22-13)15(3,6-2)21-4/h12H,5-11H2,1-4H3. The van der Waals surface area contributed by atoms with Crippen molar-refractivity contribution in [2.24, 2.45) is 0 Å². The minimum atomic E-state index is -3.12. The summed E-state index contributed by atoms with van der Waals surface area (Å²) in [6, 6.07) is 0. The number of hydrogen-bond donors (Lipinski definition) is 0. The smallest absolute Gasteiger partial charge is 0.229 e. The third-order valence-corrected chi connectivity index (χ3v) is 6.77. The number of nitrogens with zero attached hydrogens (tertiary/aromatic N) is 3. The SMILES string of the molecule is CCCS(=O)(=O)N1CCC(c2nc(C(C)(CC)OC)no2)CC1. The highest BCUT2D eigenvalue weighted by atomic mass is 32.2. The Hall–Kier alpha value is -0.990. The molecule has 1 aromatic rings. The lowest BCUT2D eigenvalue weighted by atomic mass is 9.98. The van der Waals surface area contributed by atoms with Gasteiger partial charge >= 0.3 is 0 Å². The molecule has 1 aliphatic heterocycles. The normalized spacial score (nSPS) is 20.5. The van der Waals surface area contributed by atoms with Gasteiger partial charge in [0, 0.05) is 26.1 Å². The van der Waals surface area contributed by atoms with Crippen LogP contribution in [-0.2, 0) is 20.4 Å². The number of methoxy groups -OCH3 is 1. The molecule has 1 saturated heterocycles. The molecule has 0 aliphatic carbocycles. The summed E-state index contributed by atoms with van der Waals surface area (Å²) in [6.45, 7) is 6.85. The molecule has 2 heterocycles. The molecule has 1 aliphatic rings. The van der Waals surface area contributed by atoms with E-state index in [1.165, 1.54) is 0 Å². The lowest BCUT2D eigenvalue weighted by molar-refractivity contribution is -0.0106. The van der Waals surface area contributed by atoms with E-state index < -0.39 is 15.6 Å². The highest BCUT2D eigenvalue weighted by molar-refractivity contribution is 7.89. The second kappa shape index (κ2) is 7.27. The van der Waals surface area contributed by atoms with Gasteiger partial charge in [-0.25, -0.2) is 12.7 Å². The summed E-state index contributed by atoms with van der Waals surface area (Å²) >= 11 is 0. The van der Waals surface area contributed by atoms with Crippen molar-refractivity contribution in [2.45, 2.75) is 58.0 Å². The first kappa shape index (κ1) is 18.4. The molecule has 0 aromatic carbocycles. The van der Waals surface area contributed by atoms with Gasteiger partial charge in [-0.1, -0.05) is 19.0 Å². The minimum absolute atomic E-state index is 0.113. The van der Waals surface area contributed by atoms with E-state index in [2.05, 4.69) is 10.1 Å². The van der Waals surface area contributed by atoms with Gasteiger partial charge in [0.2, 0.25) is 21.7 Å². The molecule has 1 aromatic heterocycles. The zero-order chi connectivity index (χ0) is 17.1. The van der Waals surface area contributed by atoms with E-state index in [4.69, 9.17) is 9.26 Å². The van der Waals surface area contributed by atoms with Crippen LogP contribution in [0.15, 0.2) is 4.52 Å². The molecule has 132 valence electrons. The van der Waals surface area contributed by atoms with E-state index in [1.807, 2.05) is 20.8 Å². The summed E-state index contributed by atoms with van der Waals surface area (Å²) in [4.78, 5) is 4.50. The van der Waals surface area contributed by atoms with Gasteiger partial charge < -0.3 is 9.26 Å². The molecule has 23 heavy (non-hydrogen) atoms. The van der Waals surface area contributed by atoms with Crippen molar-refractivity contribution in [2.75, 3.05) is 26.0 Å². The third kappa shape index (κ3) is 3.92. The highest BCUT2D eigenvalue weighted by Crippen LogP contribution is 2.31. The minimum Gasteiger partial charge on any atom is -0.370 e. The Morgan fingerprint density at radius 1 is 1.35 bits per heavy atom. The van der Waals surface area contributed by atoms with Gasteiger partial charge in [-0.3, -0.25) is 0 Å². The van der Waals surface area contributed by atoms with Crippen LogP contribution in [0.4, 0.5) is 0 Å². The van der Waals surface area contributed by atoms with Crippen LogP contribution in [0.2, 0.25) is 0 Å². The topological polar surface area (TPSA) is 85.5 Å². The molecule has 1 fully saturated rings. The second-order valence-electron chi connectivity index (χ2n) is 6.23. The Bertz CT molecular complexity index is 602. The fourth-order valence-corrected chi connectivity index (χ4v) is 4.32. The third-order valence-electron chi connectivity index (χ3n) is 4.70. The number of rotatable bonds is 7. The van der Waals surface area contributed by atoms with Crippen LogP contribution >= 0.6 is 0 Å². The highest BCUT2D eigenvalue weighted by Gasteiger charge is 2.34. The van der Waals surface area contributed by atoms with Gasteiger partial charge in [-0.15, -0.1) is 0 Å². The number of hydrogen-bond acceptors (Lipinski definition) is 6. The summed E-state index contributed by atoms with van der Waals surface area (Å²) < 4.78 is 36.7. The first-order chi connectivity index (χ1) is 10.9. The maximum atomic E-state index is 12.1. The Balaban J connectivity index is 2.03. The summed E-state index contributed by atoms with van der Waals surface area (Å²) in [5.41, 5.74) is -0.549. The lowest BCUT2D eigenvalue weighted by Gasteiger charge is -2.29. The van der Waals surface area contributed by atoms with Crippen LogP contribution in [0.25, 0.3) is 0 Å². The zero-order valence-corrected chi connectivity index (χ0v) is 15.2. The zero-order valence-electron chi connectivity index (χ0n) is 14.4. The molecule has 2 rings (SSSR count). The molecule has 1 atom stereocenters.